The average molecular weight is 188 g/mol. The van der Waals surface area contributed by atoms with Crippen LogP contribution in [0.1, 0.15) is 24.3 Å². The SMILES string of the molecule is CN1CCC2CCNc3cccc1c32. The van der Waals surface area contributed by atoms with Gasteiger partial charge in [-0.2, -0.15) is 0 Å². The zero-order valence-electron chi connectivity index (χ0n) is 8.59. The minimum absolute atomic E-state index is 0.804. The van der Waals surface area contributed by atoms with E-state index in [-0.39, 0.29) is 0 Å². The van der Waals surface area contributed by atoms with E-state index in [0.717, 1.165) is 12.5 Å². The van der Waals surface area contributed by atoms with Crippen LogP contribution in [0.5, 0.6) is 0 Å². The lowest BCUT2D eigenvalue weighted by molar-refractivity contribution is 0.554. The van der Waals surface area contributed by atoms with Crippen molar-refractivity contribution in [3.05, 3.63) is 23.8 Å². The highest BCUT2D eigenvalue weighted by molar-refractivity contribution is 5.70. The molecule has 0 bridgehead atoms. The summed E-state index contributed by atoms with van der Waals surface area (Å²) in [7, 11) is 2.19. The van der Waals surface area contributed by atoms with E-state index in [0.29, 0.717) is 0 Å². The van der Waals surface area contributed by atoms with Crippen molar-refractivity contribution in [3.63, 3.8) is 0 Å². The molecule has 14 heavy (non-hydrogen) atoms. The van der Waals surface area contributed by atoms with Crippen molar-refractivity contribution in [2.45, 2.75) is 18.8 Å². The molecule has 0 amide bonds. The summed E-state index contributed by atoms with van der Waals surface area (Å²) in [6.07, 6.45) is 2.63. The maximum absolute atomic E-state index is 3.50. The molecular formula is C12H16N2. The van der Waals surface area contributed by atoms with Crippen LogP contribution in [-0.2, 0) is 0 Å². The Kier molecular flexibility index (Phi) is 1.69. The summed E-state index contributed by atoms with van der Waals surface area (Å²) in [5, 5.41) is 3.50. The molecule has 2 nitrogen and oxygen atoms in total. The van der Waals surface area contributed by atoms with Crippen LogP contribution in [0.4, 0.5) is 11.4 Å². The first-order valence-corrected chi connectivity index (χ1v) is 5.44. The quantitative estimate of drug-likeness (QED) is 0.672. The maximum Gasteiger partial charge on any atom is 0.0419 e. The van der Waals surface area contributed by atoms with Gasteiger partial charge in [0.15, 0.2) is 0 Å². The van der Waals surface area contributed by atoms with Crippen molar-refractivity contribution >= 4 is 11.4 Å². The number of nitrogens with zero attached hydrogens (tertiary/aromatic N) is 1. The molecule has 2 aliphatic rings. The lowest BCUT2D eigenvalue weighted by atomic mass is 9.84. The van der Waals surface area contributed by atoms with Crippen LogP contribution in [0.3, 0.4) is 0 Å². The molecule has 1 unspecified atom stereocenters. The topological polar surface area (TPSA) is 15.3 Å². The fourth-order valence-electron chi connectivity index (χ4n) is 2.75. The number of nitrogens with one attached hydrogen (secondary N) is 1. The Morgan fingerprint density at radius 1 is 1.36 bits per heavy atom. The summed E-state index contributed by atoms with van der Waals surface area (Å²) in [4.78, 5) is 2.38. The van der Waals surface area contributed by atoms with Crippen LogP contribution in [-0.4, -0.2) is 20.1 Å². The molecule has 2 aliphatic heterocycles. The van der Waals surface area contributed by atoms with E-state index in [4.69, 9.17) is 0 Å². The molecular weight excluding hydrogens is 172 g/mol. The van der Waals surface area contributed by atoms with Crippen LogP contribution >= 0.6 is 0 Å². The van der Waals surface area contributed by atoms with E-state index in [1.165, 1.54) is 30.8 Å². The van der Waals surface area contributed by atoms with Gasteiger partial charge in [-0.3, -0.25) is 0 Å². The predicted octanol–water partition coefficient (Wildman–Crippen LogP) is 2.43. The number of hydrogen-bond donors (Lipinski definition) is 1. The summed E-state index contributed by atoms with van der Waals surface area (Å²) < 4.78 is 0. The van der Waals surface area contributed by atoms with Gasteiger partial charge in [0.05, 0.1) is 0 Å². The standard InChI is InChI=1S/C12H16N2/c1-14-8-6-9-5-7-13-10-3-2-4-11(14)12(9)10/h2-4,9,13H,5-8H2,1H3. The minimum atomic E-state index is 0.804. The molecule has 0 saturated heterocycles. The number of benzene rings is 1. The van der Waals surface area contributed by atoms with Crippen LogP contribution in [0.25, 0.3) is 0 Å². The van der Waals surface area contributed by atoms with Crippen molar-refractivity contribution in [1.29, 1.82) is 0 Å². The highest BCUT2D eigenvalue weighted by Gasteiger charge is 2.27. The molecule has 0 spiro atoms. The summed E-state index contributed by atoms with van der Waals surface area (Å²) in [6.45, 7) is 2.35. The van der Waals surface area contributed by atoms with Gasteiger partial charge in [-0.25, -0.2) is 0 Å². The Labute approximate surface area is 84.9 Å². The average Bonchev–Trinajstić information content (AvgIpc) is 2.24. The Balaban J connectivity index is 2.19. The monoisotopic (exact) mass is 188 g/mol. The first kappa shape index (κ1) is 8.16. The van der Waals surface area contributed by atoms with E-state index in [1.807, 2.05) is 0 Å². The summed E-state index contributed by atoms with van der Waals surface area (Å²) in [5.41, 5.74) is 4.36. The Bertz CT molecular complexity index is 359. The molecule has 1 aromatic carbocycles. The van der Waals surface area contributed by atoms with Crippen molar-refractivity contribution in [2.24, 2.45) is 0 Å². The molecule has 0 radical (unpaired) electrons. The van der Waals surface area contributed by atoms with E-state index in [9.17, 15) is 0 Å². The van der Waals surface area contributed by atoms with Gasteiger partial charge in [-0.05, 0) is 30.9 Å². The minimum Gasteiger partial charge on any atom is -0.385 e. The molecule has 2 heterocycles. The van der Waals surface area contributed by atoms with Gasteiger partial charge in [-0.15, -0.1) is 0 Å². The fraction of sp³-hybridized carbons (Fsp3) is 0.500. The first-order chi connectivity index (χ1) is 6.86. The third-order valence-electron chi connectivity index (χ3n) is 3.52. The molecule has 0 aliphatic carbocycles. The van der Waals surface area contributed by atoms with Crippen molar-refractivity contribution in [3.8, 4) is 0 Å². The van der Waals surface area contributed by atoms with Crippen LogP contribution in [0.2, 0.25) is 0 Å². The van der Waals surface area contributed by atoms with Crippen LogP contribution in [0.15, 0.2) is 18.2 Å². The fourth-order valence-corrected chi connectivity index (χ4v) is 2.75. The Morgan fingerprint density at radius 2 is 2.29 bits per heavy atom. The van der Waals surface area contributed by atoms with Gasteiger partial charge in [0.1, 0.15) is 0 Å². The summed E-state index contributed by atoms with van der Waals surface area (Å²) in [5.74, 6) is 0.804. The second-order valence-corrected chi connectivity index (χ2v) is 4.36. The van der Waals surface area contributed by atoms with Gasteiger partial charge in [0.2, 0.25) is 0 Å². The second-order valence-electron chi connectivity index (χ2n) is 4.36. The third kappa shape index (κ3) is 1.03. The normalized spacial score (nSPS) is 24.1. The first-order valence-electron chi connectivity index (χ1n) is 5.44. The van der Waals surface area contributed by atoms with Gasteiger partial charge >= 0.3 is 0 Å². The van der Waals surface area contributed by atoms with Crippen LogP contribution in [0, 0.1) is 0 Å². The van der Waals surface area contributed by atoms with E-state index in [2.05, 4.69) is 35.5 Å². The van der Waals surface area contributed by atoms with Gasteiger partial charge < -0.3 is 10.2 Å². The number of hydrogen-bond acceptors (Lipinski definition) is 2. The van der Waals surface area contributed by atoms with E-state index in [1.54, 1.807) is 5.56 Å². The van der Waals surface area contributed by atoms with Crippen molar-refractivity contribution in [1.82, 2.24) is 0 Å². The maximum atomic E-state index is 3.50. The Hall–Kier alpha value is -1.18. The van der Waals surface area contributed by atoms with Gasteiger partial charge in [0.25, 0.3) is 0 Å². The predicted molar refractivity (Wildman–Crippen MR) is 60.2 cm³/mol. The van der Waals surface area contributed by atoms with Crippen LogP contribution < -0.4 is 10.2 Å². The van der Waals surface area contributed by atoms with E-state index >= 15 is 0 Å². The molecule has 1 aromatic rings. The van der Waals surface area contributed by atoms with Crippen molar-refractivity contribution < 1.29 is 0 Å². The number of anilines is 2. The zero-order valence-corrected chi connectivity index (χ0v) is 8.59. The zero-order chi connectivity index (χ0) is 9.54. The van der Waals surface area contributed by atoms with Crippen molar-refractivity contribution in [2.75, 3.05) is 30.4 Å². The molecule has 3 rings (SSSR count). The van der Waals surface area contributed by atoms with Gasteiger partial charge in [-0.1, -0.05) is 6.07 Å². The second kappa shape index (κ2) is 2.91. The van der Waals surface area contributed by atoms with E-state index < -0.39 is 0 Å². The summed E-state index contributed by atoms with van der Waals surface area (Å²) in [6, 6.07) is 6.62. The lowest BCUT2D eigenvalue weighted by Gasteiger charge is -2.37. The Morgan fingerprint density at radius 3 is 3.21 bits per heavy atom. The summed E-state index contributed by atoms with van der Waals surface area (Å²) >= 11 is 0. The molecule has 1 atom stereocenters. The number of rotatable bonds is 0. The lowest BCUT2D eigenvalue weighted by Crippen LogP contribution is -2.31. The highest BCUT2D eigenvalue weighted by atomic mass is 15.1. The largest absolute Gasteiger partial charge is 0.385 e. The molecule has 0 saturated carbocycles. The highest BCUT2D eigenvalue weighted by Crippen LogP contribution is 2.43. The molecule has 2 heteroatoms. The molecule has 0 fully saturated rings. The molecule has 1 N–H and O–H groups in total. The smallest absolute Gasteiger partial charge is 0.0419 e. The molecule has 74 valence electrons. The third-order valence-corrected chi connectivity index (χ3v) is 3.52. The molecule has 0 aromatic heterocycles. The van der Waals surface area contributed by atoms with Gasteiger partial charge in [0, 0.05) is 37.1 Å².